The molecule has 0 heterocycles. The number of carbonyl (C=O) groups excluding carboxylic acids is 1. The molecule has 0 spiro atoms. The second-order valence-electron chi connectivity index (χ2n) is 6.20. The van der Waals surface area contributed by atoms with Gasteiger partial charge >= 0.3 is 0 Å². The van der Waals surface area contributed by atoms with E-state index in [0.29, 0.717) is 31.2 Å². The van der Waals surface area contributed by atoms with Crippen LogP contribution in [0.1, 0.15) is 28.8 Å². The van der Waals surface area contributed by atoms with Crippen LogP contribution in [0.5, 0.6) is 0 Å². The first kappa shape index (κ1) is 25.4. The van der Waals surface area contributed by atoms with Crippen molar-refractivity contribution >= 4 is 51.8 Å². The lowest BCUT2D eigenvalue weighted by atomic mass is 10.0. The summed E-state index contributed by atoms with van der Waals surface area (Å²) in [6, 6.07) is 17.1. The Morgan fingerprint density at radius 2 is 1.79 bits per heavy atom. The Bertz CT molecular complexity index is 774. The molecule has 0 fully saturated rings. The zero-order valence-corrected chi connectivity index (χ0v) is 20.3. The van der Waals surface area contributed by atoms with Crippen LogP contribution < -0.4 is 16.0 Å². The number of benzene rings is 2. The maximum Gasteiger partial charge on any atom is 0.251 e. The van der Waals surface area contributed by atoms with Crippen molar-refractivity contribution < 1.29 is 9.90 Å². The van der Waals surface area contributed by atoms with Gasteiger partial charge in [-0.1, -0.05) is 52.3 Å². The van der Waals surface area contributed by atoms with Gasteiger partial charge in [-0.25, -0.2) is 0 Å². The smallest absolute Gasteiger partial charge is 0.251 e. The molecule has 1 amide bonds. The molecular weight excluding hydrogens is 547 g/mol. The van der Waals surface area contributed by atoms with E-state index in [9.17, 15) is 9.90 Å². The van der Waals surface area contributed by atoms with Gasteiger partial charge in [-0.3, -0.25) is 9.79 Å². The van der Waals surface area contributed by atoms with E-state index in [1.165, 1.54) is 0 Å². The summed E-state index contributed by atoms with van der Waals surface area (Å²) in [5.41, 5.74) is 1.68. The molecule has 0 saturated carbocycles. The highest BCUT2D eigenvalue weighted by atomic mass is 127. The summed E-state index contributed by atoms with van der Waals surface area (Å²) in [7, 11) is 0. The number of halogens is 2. The third kappa shape index (κ3) is 9.14. The quantitative estimate of drug-likeness (QED) is 0.160. The van der Waals surface area contributed by atoms with E-state index in [-0.39, 0.29) is 42.4 Å². The van der Waals surface area contributed by atoms with Gasteiger partial charge in [-0.05, 0) is 30.7 Å². The number of aliphatic hydroxyl groups excluding tert-OH is 1. The standard InChI is InChI=1S/C21H27BrN4O2.HI/c1-2-23-21(26-14-18(15-27)16-7-4-3-5-8-16)25-12-11-24-20(28)17-9-6-10-19(22)13-17;/h3-10,13,18,27H,2,11-12,14-15H2,1H3,(H,24,28)(H2,23,25,26);1H. The molecule has 8 heteroatoms. The number of nitrogens with zero attached hydrogens (tertiary/aromatic N) is 1. The number of carbonyl (C=O) groups is 1. The summed E-state index contributed by atoms with van der Waals surface area (Å²) in [4.78, 5) is 16.7. The summed E-state index contributed by atoms with van der Waals surface area (Å²) < 4.78 is 0.872. The second-order valence-corrected chi connectivity index (χ2v) is 7.12. The van der Waals surface area contributed by atoms with Gasteiger partial charge in [0.15, 0.2) is 5.96 Å². The van der Waals surface area contributed by atoms with Crippen molar-refractivity contribution in [2.75, 3.05) is 32.8 Å². The number of hydrogen-bond acceptors (Lipinski definition) is 3. The highest BCUT2D eigenvalue weighted by Gasteiger charge is 2.10. The molecule has 6 nitrogen and oxygen atoms in total. The SMILES string of the molecule is CCNC(=NCC(CO)c1ccccc1)NCCNC(=O)c1cccc(Br)c1.I. The molecule has 29 heavy (non-hydrogen) atoms. The molecule has 2 aromatic rings. The first-order valence-corrected chi connectivity index (χ1v) is 10.1. The minimum absolute atomic E-state index is 0. The third-order valence-corrected chi connectivity index (χ3v) is 4.59. The second kappa shape index (κ2) is 14.4. The molecular formula is C21H28BrIN4O2. The first-order chi connectivity index (χ1) is 13.6. The average molecular weight is 575 g/mol. The molecule has 1 unspecified atom stereocenters. The van der Waals surface area contributed by atoms with Crippen LogP contribution in [0.2, 0.25) is 0 Å². The summed E-state index contributed by atoms with van der Waals surface area (Å²) in [5.74, 6) is 0.496. The lowest BCUT2D eigenvalue weighted by Crippen LogP contribution is -2.41. The van der Waals surface area contributed by atoms with Crippen molar-refractivity contribution in [1.29, 1.82) is 0 Å². The van der Waals surface area contributed by atoms with E-state index in [1.807, 2.05) is 49.4 Å². The van der Waals surface area contributed by atoms with Gasteiger partial charge in [0.2, 0.25) is 0 Å². The van der Waals surface area contributed by atoms with E-state index >= 15 is 0 Å². The Morgan fingerprint density at radius 3 is 2.45 bits per heavy atom. The minimum Gasteiger partial charge on any atom is -0.396 e. The molecule has 1 atom stereocenters. The van der Waals surface area contributed by atoms with Crippen LogP contribution in [0, 0.1) is 0 Å². The van der Waals surface area contributed by atoms with Gasteiger partial charge in [0, 0.05) is 35.6 Å². The molecule has 0 aliphatic heterocycles. The van der Waals surface area contributed by atoms with E-state index < -0.39 is 0 Å². The Balaban J connectivity index is 0.00000420. The Morgan fingerprint density at radius 1 is 1.07 bits per heavy atom. The third-order valence-electron chi connectivity index (χ3n) is 4.10. The summed E-state index contributed by atoms with van der Waals surface area (Å²) in [6.45, 7) is 4.24. The van der Waals surface area contributed by atoms with Gasteiger partial charge in [0.25, 0.3) is 5.91 Å². The highest BCUT2D eigenvalue weighted by molar-refractivity contribution is 14.0. The van der Waals surface area contributed by atoms with Crippen LogP contribution in [0.4, 0.5) is 0 Å². The average Bonchev–Trinajstić information content (AvgIpc) is 2.72. The lowest BCUT2D eigenvalue weighted by Gasteiger charge is -2.15. The van der Waals surface area contributed by atoms with Gasteiger partial charge < -0.3 is 21.1 Å². The maximum atomic E-state index is 12.1. The number of nitrogens with one attached hydrogen (secondary N) is 3. The number of amides is 1. The number of hydrogen-bond donors (Lipinski definition) is 4. The monoisotopic (exact) mass is 574 g/mol. The fourth-order valence-corrected chi connectivity index (χ4v) is 3.02. The number of rotatable bonds is 9. The van der Waals surface area contributed by atoms with Crippen LogP contribution in [-0.4, -0.2) is 49.8 Å². The zero-order chi connectivity index (χ0) is 20.2. The van der Waals surface area contributed by atoms with E-state index in [1.54, 1.807) is 12.1 Å². The van der Waals surface area contributed by atoms with Gasteiger partial charge in [0.05, 0.1) is 13.2 Å². The molecule has 0 saturated heterocycles. The number of aliphatic imine (C=N–C) groups is 1. The van der Waals surface area contributed by atoms with E-state index in [4.69, 9.17) is 0 Å². The van der Waals surface area contributed by atoms with E-state index in [2.05, 4.69) is 36.9 Å². The summed E-state index contributed by atoms with van der Waals surface area (Å²) in [6.07, 6.45) is 0. The molecule has 2 aromatic carbocycles. The van der Waals surface area contributed by atoms with Crippen LogP contribution in [0.15, 0.2) is 64.1 Å². The van der Waals surface area contributed by atoms with Crippen molar-refractivity contribution in [3.63, 3.8) is 0 Å². The Labute approximate surface area is 197 Å². The highest BCUT2D eigenvalue weighted by Crippen LogP contribution is 2.15. The van der Waals surface area contributed by atoms with Gasteiger partial charge in [-0.15, -0.1) is 24.0 Å². The molecule has 0 bridgehead atoms. The molecule has 158 valence electrons. The first-order valence-electron chi connectivity index (χ1n) is 9.35. The Kier molecular flexibility index (Phi) is 12.6. The zero-order valence-electron chi connectivity index (χ0n) is 16.4. The molecule has 0 aromatic heterocycles. The number of aliphatic hydroxyl groups is 1. The summed E-state index contributed by atoms with van der Waals surface area (Å²) >= 11 is 3.37. The fraction of sp³-hybridized carbons (Fsp3) is 0.333. The largest absolute Gasteiger partial charge is 0.396 e. The predicted octanol–water partition coefficient (Wildman–Crippen LogP) is 3.13. The molecule has 2 rings (SSSR count). The minimum atomic E-state index is -0.116. The van der Waals surface area contributed by atoms with Gasteiger partial charge in [-0.2, -0.15) is 0 Å². The van der Waals surface area contributed by atoms with Crippen molar-refractivity contribution in [3.8, 4) is 0 Å². The van der Waals surface area contributed by atoms with Crippen LogP contribution in [-0.2, 0) is 0 Å². The maximum absolute atomic E-state index is 12.1. The molecule has 4 N–H and O–H groups in total. The normalized spacial score (nSPS) is 11.9. The number of guanidine groups is 1. The van der Waals surface area contributed by atoms with Crippen molar-refractivity contribution in [3.05, 3.63) is 70.2 Å². The predicted molar refractivity (Wildman–Crippen MR) is 132 cm³/mol. The van der Waals surface area contributed by atoms with Crippen molar-refractivity contribution in [1.82, 2.24) is 16.0 Å². The van der Waals surface area contributed by atoms with Crippen LogP contribution in [0.25, 0.3) is 0 Å². The van der Waals surface area contributed by atoms with Crippen molar-refractivity contribution in [2.45, 2.75) is 12.8 Å². The molecule has 0 radical (unpaired) electrons. The van der Waals surface area contributed by atoms with Crippen molar-refractivity contribution in [2.24, 2.45) is 4.99 Å². The van der Waals surface area contributed by atoms with Crippen LogP contribution in [0.3, 0.4) is 0 Å². The topological polar surface area (TPSA) is 85.8 Å². The van der Waals surface area contributed by atoms with E-state index in [0.717, 1.165) is 16.6 Å². The molecule has 0 aliphatic rings. The lowest BCUT2D eigenvalue weighted by molar-refractivity contribution is 0.0954. The van der Waals surface area contributed by atoms with Crippen LogP contribution >= 0.6 is 39.9 Å². The fourth-order valence-electron chi connectivity index (χ4n) is 2.63. The van der Waals surface area contributed by atoms with Gasteiger partial charge in [0.1, 0.15) is 0 Å². The molecule has 0 aliphatic carbocycles. The summed E-state index contributed by atoms with van der Waals surface area (Å²) in [5, 5.41) is 18.9. The Hall–Kier alpha value is -1.65.